The van der Waals surface area contributed by atoms with Gasteiger partial charge in [-0.25, -0.2) is 15.0 Å². The van der Waals surface area contributed by atoms with Crippen molar-refractivity contribution >= 4 is 11.7 Å². The van der Waals surface area contributed by atoms with E-state index in [1.165, 1.54) is 19.5 Å². The van der Waals surface area contributed by atoms with Crippen molar-refractivity contribution in [3.63, 3.8) is 0 Å². The molecular weight excluding hydrogens is 298 g/mol. The van der Waals surface area contributed by atoms with E-state index in [9.17, 15) is 4.79 Å². The second-order valence-corrected chi connectivity index (χ2v) is 4.52. The van der Waals surface area contributed by atoms with E-state index >= 15 is 0 Å². The molecule has 0 saturated heterocycles. The highest BCUT2D eigenvalue weighted by molar-refractivity contribution is 6.02. The Bertz CT molecular complexity index is 829. The van der Waals surface area contributed by atoms with E-state index in [4.69, 9.17) is 4.74 Å². The third-order valence-electron chi connectivity index (χ3n) is 3.05. The van der Waals surface area contributed by atoms with E-state index in [0.29, 0.717) is 17.5 Å². The van der Waals surface area contributed by atoms with Gasteiger partial charge in [-0.05, 0) is 13.0 Å². The number of nitrogens with zero attached hydrogens (tertiary/aromatic N) is 6. The number of imidazole rings is 1. The molecule has 0 unspecified atom stereocenters. The number of aromatic nitrogens is 6. The predicted molar refractivity (Wildman–Crippen MR) is 80.4 cm³/mol. The van der Waals surface area contributed by atoms with Crippen molar-refractivity contribution in [3.05, 3.63) is 48.4 Å². The first-order chi connectivity index (χ1) is 11.2. The van der Waals surface area contributed by atoms with Gasteiger partial charge in [-0.15, -0.1) is 10.2 Å². The second kappa shape index (κ2) is 6.18. The molecule has 3 rings (SSSR count). The quantitative estimate of drug-likeness (QED) is 0.766. The Kier molecular flexibility index (Phi) is 3.91. The van der Waals surface area contributed by atoms with Crippen molar-refractivity contribution in [3.8, 4) is 11.7 Å². The van der Waals surface area contributed by atoms with Gasteiger partial charge in [0.15, 0.2) is 5.69 Å². The predicted octanol–water partition coefficient (Wildman–Crippen LogP) is 1.02. The van der Waals surface area contributed by atoms with E-state index in [1.807, 2.05) is 6.92 Å². The standard InChI is InChI=1S/C14H13N7O2/c1-9-15-5-6-21(9)12-7-11(16-8-17-12)18-14(22)10-3-4-13(23-2)20-19-10/h3-8H,1-2H3,(H,16,17,18,22). The SMILES string of the molecule is COc1ccc(C(=O)Nc2cc(-n3ccnc3C)ncn2)nn1. The summed E-state index contributed by atoms with van der Waals surface area (Å²) in [5.74, 6) is 1.65. The molecule has 9 heteroatoms. The van der Waals surface area contributed by atoms with Gasteiger partial charge in [0, 0.05) is 24.5 Å². The van der Waals surface area contributed by atoms with Crippen LogP contribution >= 0.6 is 0 Å². The van der Waals surface area contributed by atoms with Crippen LogP contribution in [0.1, 0.15) is 16.3 Å². The second-order valence-electron chi connectivity index (χ2n) is 4.52. The lowest BCUT2D eigenvalue weighted by Gasteiger charge is -2.07. The van der Waals surface area contributed by atoms with Crippen LogP contribution in [0, 0.1) is 6.92 Å². The number of ether oxygens (including phenoxy) is 1. The number of hydrogen-bond acceptors (Lipinski definition) is 7. The largest absolute Gasteiger partial charge is 0.480 e. The molecule has 3 aromatic rings. The number of anilines is 1. The zero-order chi connectivity index (χ0) is 16.2. The number of methoxy groups -OCH3 is 1. The first-order valence-electron chi connectivity index (χ1n) is 6.69. The van der Waals surface area contributed by atoms with Gasteiger partial charge in [0.1, 0.15) is 23.8 Å². The van der Waals surface area contributed by atoms with Crippen LogP contribution in [-0.4, -0.2) is 42.7 Å². The topological polar surface area (TPSA) is 108 Å². The van der Waals surface area contributed by atoms with Crippen LogP contribution in [0.15, 0.2) is 36.9 Å². The number of nitrogens with one attached hydrogen (secondary N) is 1. The van der Waals surface area contributed by atoms with Gasteiger partial charge in [-0.3, -0.25) is 9.36 Å². The number of hydrogen-bond donors (Lipinski definition) is 1. The van der Waals surface area contributed by atoms with E-state index in [1.54, 1.807) is 29.1 Å². The van der Waals surface area contributed by atoms with E-state index in [-0.39, 0.29) is 5.69 Å². The third-order valence-corrected chi connectivity index (χ3v) is 3.05. The molecule has 1 N–H and O–H groups in total. The van der Waals surface area contributed by atoms with Gasteiger partial charge in [-0.1, -0.05) is 0 Å². The Morgan fingerprint density at radius 1 is 1.22 bits per heavy atom. The van der Waals surface area contributed by atoms with Crippen LogP contribution in [-0.2, 0) is 0 Å². The van der Waals surface area contributed by atoms with Gasteiger partial charge in [0.2, 0.25) is 5.88 Å². The molecule has 0 aliphatic carbocycles. The first-order valence-corrected chi connectivity index (χ1v) is 6.69. The average Bonchev–Trinajstić information content (AvgIpc) is 3.01. The molecule has 23 heavy (non-hydrogen) atoms. The summed E-state index contributed by atoms with van der Waals surface area (Å²) in [6, 6.07) is 4.72. The zero-order valence-electron chi connectivity index (χ0n) is 12.5. The normalized spacial score (nSPS) is 10.3. The molecule has 9 nitrogen and oxygen atoms in total. The maximum Gasteiger partial charge on any atom is 0.277 e. The lowest BCUT2D eigenvalue weighted by molar-refractivity contribution is 0.102. The summed E-state index contributed by atoms with van der Waals surface area (Å²) < 4.78 is 6.68. The molecule has 0 radical (unpaired) electrons. The highest BCUT2D eigenvalue weighted by Gasteiger charge is 2.11. The van der Waals surface area contributed by atoms with Crippen molar-refractivity contribution in [2.75, 3.05) is 12.4 Å². The average molecular weight is 311 g/mol. The van der Waals surface area contributed by atoms with Crippen LogP contribution in [0.25, 0.3) is 5.82 Å². The van der Waals surface area contributed by atoms with Gasteiger partial charge >= 0.3 is 0 Å². The highest BCUT2D eigenvalue weighted by atomic mass is 16.5. The van der Waals surface area contributed by atoms with Crippen LogP contribution in [0.3, 0.4) is 0 Å². The molecule has 3 heterocycles. The molecule has 1 amide bonds. The van der Waals surface area contributed by atoms with Crippen molar-refractivity contribution in [1.29, 1.82) is 0 Å². The Balaban J connectivity index is 1.80. The Labute approximate surface area is 131 Å². The molecule has 0 spiro atoms. The molecule has 0 atom stereocenters. The molecule has 0 aliphatic rings. The zero-order valence-corrected chi connectivity index (χ0v) is 12.5. The number of amides is 1. The summed E-state index contributed by atoms with van der Waals surface area (Å²) in [5.41, 5.74) is 0.157. The molecule has 0 fully saturated rings. The molecule has 0 aliphatic heterocycles. The summed E-state index contributed by atoms with van der Waals surface area (Å²) in [7, 11) is 1.48. The van der Waals surface area contributed by atoms with Gasteiger partial charge in [0.25, 0.3) is 5.91 Å². The van der Waals surface area contributed by atoms with Crippen molar-refractivity contribution < 1.29 is 9.53 Å². The smallest absolute Gasteiger partial charge is 0.277 e. The fourth-order valence-electron chi connectivity index (χ4n) is 1.90. The van der Waals surface area contributed by atoms with Crippen LogP contribution in [0.4, 0.5) is 5.82 Å². The van der Waals surface area contributed by atoms with Gasteiger partial charge < -0.3 is 10.1 Å². The Morgan fingerprint density at radius 3 is 2.74 bits per heavy atom. The molecular formula is C14H13N7O2. The summed E-state index contributed by atoms with van der Waals surface area (Å²) >= 11 is 0. The summed E-state index contributed by atoms with van der Waals surface area (Å²) in [4.78, 5) is 24.5. The van der Waals surface area contributed by atoms with E-state index < -0.39 is 5.91 Å². The van der Waals surface area contributed by atoms with Crippen LogP contribution in [0.5, 0.6) is 5.88 Å². The number of rotatable bonds is 4. The third kappa shape index (κ3) is 3.12. The summed E-state index contributed by atoms with van der Waals surface area (Å²) in [6.07, 6.45) is 4.81. The molecule has 0 aromatic carbocycles. The number of aryl methyl sites for hydroxylation is 1. The minimum atomic E-state index is -0.424. The van der Waals surface area contributed by atoms with Crippen LogP contribution in [0.2, 0.25) is 0 Å². The maximum atomic E-state index is 12.1. The first kappa shape index (κ1) is 14.6. The molecule has 3 aromatic heterocycles. The highest BCUT2D eigenvalue weighted by Crippen LogP contribution is 2.12. The molecule has 0 bridgehead atoms. The van der Waals surface area contributed by atoms with Crippen molar-refractivity contribution in [1.82, 2.24) is 29.7 Å². The lowest BCUT2D eigenvalue weighted by atomic mass is 10.3. The minimum Gasteiger partial charge on any atom is -0.480 e. The fraction of sp³-hybridized carbons (Fsp3) is 0.143. The monoisotopic (exact) mass is 311 g/mol. The van der Waals surface area contributed by atoms with E-state index in [2.05, 4.69) is 30.5 Å². The van der Waals surface area contributed by atoms with E-state index in [0.717, 1.165) is 5.82 Å². The van der Waals surface area contributed by atoms with Crippen molar-refractivity contribution in [2.45, 2.75) is 6.92 Å². The number of carbonyl (C=O) groups excluding carboxylic acids is 1. The maximum absolute atomic E-state index is 12.1. The van der Waals surface area contributed by atoms with Crippen molar-refractivity contribution in [2.24, 2.45) is 0 Å². The van der Waals surface area contributed by atoms with Gasteiger partial charge in [0.05, 0.1) is 7.11 Å². The molecule has 116 valence electrons. The summed E-state index contributed by atoms with van der Waals surface area (Å²) in [5, 5.41) is 10.2. The Hall–Kier alpha value is -3.36. The lowest BCUT2D eigenvalue weighted by Crippen LogP contribution is -2.15. The minimum absolute atomic E-state index is 0.157. The van der Waals surface area contributed by atoms with Gasteiger partial charge in [-0.2, -0.15) is 0 Å². The van der Waals surface area contributed by atoms with Crippen LogP contribution < -0.4 is 10.1 Å². The number of carbonyl (C=O) groups is 1. The fourth-order valence-corrected chi connectivity index (χ4v) is 1.90. The summed E-state index contributed by atoms with van der Waals surface area (Å²) in [6.45, 7) is 1.85. The Morgan fingerprint density at radius 2 is 2.09 bits per heavy atom. The molecule has 0 saturated carbocycles.